The zero-order valence-electron chi connectivity index (χ0n) is 12.7. The number of piperazine rings is 1. The maximum Gasteiger partial charge on any atom is 0.0367 e. The normalized spacial score (nSPS) is 38.4. The average Bonchev–Trinajstić information content (AvgIpc) is 2.90. The van der Waals surface area contributed by atoms with Gasteiger partial charge in [-0.05, 0) is 56.0 Å². The van der Waals surface area contributed by atoms with Crippen LogP contribution in [0.15, 0.2) is 24.3 Å². The number of nitrogens with zero attached hydrogens (tertiary/aromatic N) is 2. The lowest BCUT2D eigenvalue weighted by Crippen LogP contribution is -2.50. The van der Waals surface area contributed by atoms with E-state index in [-0.39, 0.29) is 0 Å². The Kier molecular flexibility index (Phi) is 2.65. The van der Waals surface area contributed by atoms with Crippen LogP contribution in [-0.4, -0.2) is 50.2 Å². The van der Waals surface area contributed by atoms with Gasteiger partial charge in [0.1, 0.15) is 0 Å². The summed E-state index contributed by atoms with van der Waals surface area (Å²) in [6, 6.07) is 10.4. The van der Waals surface area contributed by atoms with E-state index < -0.39 is 0 Å². The highest BCUT2D eigenvalue weighted by atomic mass is 15.3. The third-order valence-corrected chi connectivity index (χ3v) is 6.46. The van der Waals surface area contributed by atoms with Crippen LogP contribution in [0.1, 0.15) is 24.8 Å². The molecule has 112 valence electrons. The molecule has 3 heterocycles. The first-order valence-corrected chi connectivity index (χ1v) is 8.65. The second-order valence-electron chi connectivity index (χ2n) is 7.51. The van der Waals surface area contributed by atoms with E-state index in [9.17, 15) is 0 Å². The molecule has 3 nitrogen and oxygen atoms in total. The number of piperidine rings is 1. The molecule has 3 heteroatoms. The summed E-state index contributed by atoms with van der Waals surface area (Å²) < 4.78 is 0. The second kappa shape index (κ2) is 4.47. The fraction of sp³-hybridized carbons (Fsp3) is 0.667. The van der Waals surface area contributed by atoms with Crippen LogP contribution >= 0.6 is 0 Å². The van der Waals surface area contributed by atoms with E-state index in [0.717, 1.165) is 12.0 Å². The molecule has 3 atom stereocenters. The van der Waals surface area contributed by atoms with Gasteiger partial charge in [0.2, 0.25) is 0 Å². The third kappa shape index (κ3) is 1.87. The molecule has 4 fully saturated rings. The molecule has 5 rings (SSSR count). The van der Waals surface area contributed by atoms with Gasteiger partial charge in [0.25, 0.3) is 0 Å². The molecule has 21 heavy (non-hydrogen) atoms. The fourth-order valence-corrected chi connectivity index (χ4v) is 5.02. The number of nitrogens with one attached hydrogen (secondary N) is 1. The Hall–Kier alpha value is -1.06. The van der Waals surface area contributed by atoms with Crippen LogP contribution in [0.25, 0.3) is 0 Å². The van der Waals surface area contributed by atoms with E-state index in [0.29, 0.717) is 5.41 Å². The number of anilines is 1. The summed E-state index contributed by atoms with van der Waals surface area (Å²) in [7, 11) is 0. The zero-order valence-corrected chi connectivity index (χ0v) is 12.7. The van der Waals surface area contributed by atoms with Gasteiger partial charge in [-0.1, -0.05) is 12.1 Å². The molecule has 0 aromatic heterocycles. The second-order valence-corrected chi connectivity index (χ2v) is 7.51. The SMILES string of the molecule is c1cc(C23CNCC2C3)ccc1N1CCN2CCCC2C1. The van der Waals surface area contributed by atoms with Crippen molar-refractivity contribution in [2.75, 3.05) is 44.2 Å². The van der Waals surface area contributed by atoms with Crippen molar-refractivity contribution < 1.29 is 0 Å². The molecule has 0 bridgehead atoms. The van der Waals surface area contributed by atoms with Gasteiger partial charge in [-0.2, -0.15) is 0 Å². The highest BCUT2D eigenvalue weighted by Gasteiger charge is 2.57. The molecular weight excluding hydrogens is 258 g/mol. The minimum absolute atomic E-state index is 0.503. The van der Waals surface area contributed by atoms with Crippen molar-refractivity contribution >= 4 is 5.69 Å². The van der Waals surface area contributed by atoms with Gasteiger partial charge in [-0.15, -0.1) is 0 Å². The lowest BCUT2D eigenvalue weighted by molar-refractivity contribution is 0.231. The van der Waals surface area contributed by atoms with E-state index in [1.165, 1.54) is 64.2 Å². The molecule has 3 saturated heterocycles. The maximum atomic E-state index is 3.55. The highest BCUT2D eigenvalue weighted by Crippen LogP contribution is 2.56. The van der Waals surface area contributed by atoms with Gasteiger partial charge in [0.05, 0.1) is 0 Å². The third-order valence-electron chi connectivity index (χ3n) is 6.46. The standard InChI is InChI=1S/C18H25N3/c1-2-17-12-21(9-8-20(17)7-1)16-5-3-14(4-6-16)18-10-15(18)11-19-13-18/h3-6,15,17,19H,1-2,7-13H2. The summed E-state index contributed by atoms with van der Waals surface area (Å²) in [5.74, 6) is 0.908. The summed E-state index contributed by atoms with van der Waals surface area (Å²) in [4.78, 5) is 5.29. The van der Waals surface area contributed by atoms with Crippen LogP contribution in [0.4, 0.5) is 5.69 Å². The summed E-state index contributed by atoms with van der Waals surface area (Å²) in [6.07, 6.45) is 4.19. The monoisotopic (exact) mass is 283 g/mol. The molecule has 1 saturated carbocycles. The molecule has 0 radical (unpaired) electrons. The van der Waals surface area contributed by atoms with E-state index in [1.54, 1.807) is 5.56 Å². The molecule has 1 aliphatic carbocycles. The number of benzene rings is 1. The number of hydrogen-bond acceptors (Lipinski definition) is 3. The number of hydrogen-bond donors (Lipinski definition) is 1. The number of fused-ring (bicyclic) bond motifs is 2. The minimum atomic E-state index is 0.503. The van der Waals surface area contributed by atoms with Crippen LogP contribution in [0.5, 0.6) is 0 Å². The van der Waals surface area contributed by atoms with Crippen LogP contribution < -0.4 is 10.2 Å². The highest BCUT2D eigenvalue weighted by molar-refractivity contribution is 5.51. The van der Waals surface area contributed by atoms with Crippen molar-refractivity contribution in [2.45, 2.75) is 30.7 Å². The van der Waals surface area contributed by atoms with Gasteiger partial charge < -0.3 is 10.2 Å². The molecule has 4 aliphatic rings. The largest absolute Gasteiger partial charge is 0.369 e. The van der Waals surface area contributed by atoms with Crippen LogP contribution in [-0.2, 0) is 5.41 Å². The molecule has 0 amide bonds. The van der Waals surface area contributed by atoms with E-state index >= 15 is 0 Å². The van der Waals surface area contributed by atoms with Crippen molar-refractivity contribution in [1.29, 1.82) is 0 Å². The Morgan fingerprint density at radius 1 is 1.10 bits per heavy atom. The maximum absolute atomic E-state index is 3.55. The van der Waals surface area contributed by atoms with Crippen molar-refractivity contribution in [3.63, 3.8) is 0 Å². The van der Waals surface area contributed by atoms with Crippen molar-refractivity contribution in [3.8, 4) is 0 Å². The van der Waals surface area contributed by atoms with Gasteiger partial charge >= 0.3 is 0 Å². The van der Waals surface area contributed by atoms with Gasteiger partial charge in [0.15, 0.2) is 0 Å². The topological polar surface area (TPSA) is 18.5 Å². The van der Waals surface area contributed by atoms with Gasteiger partial charge in [0, 0.05) is 43.3 Å². The first-order chi connectivity index (χ1) is 10.4. The van der Waals surface area contributed by atoms with E-state index in [4.69, 9.17) is 0 Å². The van der Waals surface area contributed by atoms with Gasteiger partial charge in [-0.25, -0.2) is 0 Å². The zero-order chi connectivity index (χ0) is 13.9. The van der Waals surface area contributed by atoms with Gasteiger partial charge in [-0.3, -0.25) is 4.90 Å². The molecule has 1 aromatic rings. The summed E-state index contributed by atoms with van der Waals surface area (Å²) >= 11 is 0. The van der Waals surface area contributed by atoms with Crippen molar-refractivity contribution in [3.05, 3.63) is 29.8 Å². The number of rotatable bonds is 2. The molecule has 3 aliphatic heterocycles. The van der Waals surface area contributed by atoms with Crippen molar-refractivity contribution in [1.82, 2.24) is 10.2 Å². The Morgan fingerprint density at radius 2 is 2.00 bits per heavy atom. The fourth-order valence-electron chi connectivity index (χ4n) is 5.02. The van der Waals surface area contributed by atoms with Crippen LogP contribution in [0.3, 0.4) is 0 Å². The predicted molar refractivity (Wildman–Crippen MR) is 85.9 cm³/mol. The molecule has 0 spiro atoms. The molecule has 1 N–H and O–H groups in total. The Morgan fingerprint density at radius 3 is 2.76 bits per heavy atom. The predicted octanol–water partition coefficient (Wildman–Crippen LogP) is 1.83. The average molecular weight is 283 g/mol. The Balaban J connectivity index is 1.34. The first kappa shape index (κ1) is 12.5. The first-order valence-electron chi connectivity index (χ1n) is 8.65. The van der Waals surface area contributed by atoms with Crippen LogP contribution in [0.2, 0.25) is 0 Å². The quantitative estimate of drug-likeness (QED) is 0.893. The van der Waals surface area contributed by atoms with E-state index in [1.807, 2.05) is 0 Å². The van der Waals surface area contributed by atoms with Crippen LogP contribution in [0, 0.1) is 5.92 Å². The molecular formula is C18H25N3. The molecule has 1 aromatic carbocycles. The lowest BCUT2D eigenvalue weighted by Gasteiger charge is -2.39. The Bertz CT molecular complexity index is 540. The lowest BCUT2D eigenvalue weighted by atomic mass is 9.95. The van der Waals surface area contributed by atoms with E-state index in [2.05, 4.69) is 39.4 Å². The Labute approximate surface area is 127 Å². The smallest absolute Gasteiger partial charge is 0.0367 e. The summed E-state index contributed by atoms with van der Waals surface area (Å²) in [5, 5.41) is 3.55. The summed E-state index contributed by atoms with van der Waals surface area (Å²) in [5.41, 5.74) is 3.51. The molecule has 3 unspecified atom stereocenters. The summed E-state index contributed by atoms with van der Waals surface area (Å²) in [6.45, 7) is 7.43. The van der Waals surface area contributed by atoms with Crippen molar-refractivity contribution in [2.24, 2.45) is 5.92 Å². The minimum Gasteiger partial charge on any atom is -0.369 e.